The van der Waals surface area contributed by atoms with Gasteiger partial charge in [-0.2, -0.15) is 0 Å². The van der Waals surface area contributed by atoms with Crippen LogP contribution in [0.1, 0.15) is 17.0 Å². The average molecular weight is 319 g/mol. The number of ether oxygens (including phenoxy) is 1. The number of rotatable bonds is 4. The summed E-state index contributed by atoms with van der Waals surface area (Å²) in [5, 5.41) is 1.20. The second-order valence-corrected chi connectivity index (χ2v) is 5.22. The van der Waals surface area contributed by atoms with E-state index in [-0.39, 0.29) is 6.61 Å². The van der Waals surface area contributed by atoms with Gasteiger partial charge in [0, 0.05) is 10.0 Å². The van der Waals surface area contributed by atoms with Gasteiger partial charge in [-0.15, -0.1) is 6.42 Å². The minimum Gasteiger partial charge on any atom is -0.452 e. The van der Waals surface area contributed by atoms with Crippen molar-refractivity contribution >= 4 is 29.2 Å². The van der Waals surface area contributed by atoms with Crippen LogP contribution in [0.2, 0.25) is 10.0 Å². The van der Waals surface area contributed by atoms with Crippen molar-refractivity contribution in [3.63, 3.8) is 0 Å². The van der Waals surface area contributed by atoms with Crippen molar-refractivity contribution in [3.8, 4) is 12.3 Å². The highest BCUT2D eigenvalue weighted by Crippen LogP contribution is 2.28. The van der Waals surface area contributed by atoms with Crippen LogP contribution in [0.25, 0.3) is 0 Å². The normalized spacial score (nSPS) is 10.2. The summed E-state index contributed by atoms with van der Waals surface area (Å²) in [6, 6.07) is 14.1. The van der Waals surface area contributed by atoms with E-state index < -0.39 is 11.9 Å². The first-order valence-corrected chi connectivity index (χ1v) is 6.98. The lowest BCUT2D eigenvalue weighted by Crippen LogP contribution is -2.17. The molecule has 0 unspecified atom stereocenters. The Bertz CT molecular complexity index is 609. The van der Waals surface area contributed by atoms with Crippen LogP contribution >= 0.6 is 23.2 Å². The molecule has 0 fully saturated rings. The van der Waals surface area contributed by atoms with Gasteiger partial charge in [-0.3, -0.25) is 4.79 Å². The third-order valence-corrected chi connectivity index (χ3v) is 3.44. The fourth-order valence-electron chi connectivity index (χ4n) is 1.97. The number of hydrogen-bond donors (Lipinski definition) is 0. The molecule has 106 valence electrons. The van der Waals surface area contributed by atoms with Crippen molar-refractivity contribution in [2.75, 3.05) is 6.61 Å². The zero-order chi connectivity index (χ0) is 15.2. The first-order chi connectivity index (χ1) is 10.1. The van der Waals surface area contributed by atoms with E-state index in [1.54, 1.807) is 48.5 Å². The van der Waals surface area contributed by atoms with Gasteiger partial charge >= 0.3 is 5.97 Å². The fraction of sp³-hybridized carbons (Fsp3) is 0.118. The standard InChI is InChI=1S/C17H12Cl2O2/c1-2-11-21-17(20)16(12-3-7-14(18)8-4-12)13-5-9-15(19)10-6-13/h1,3-10,16H,11H2. The minimum atomic E-state index is -0.562. The van der Waals surface area contributed by atoms with Crippen LogP contribution in [0.15, 0.2) is 48.5 Å². The highest BCUT2D eigenvalue weighted by Gasteiger charge is 2.24. The molecule has 0 amide bonds. The predicted octanol–water partition coefficient (Wildman–Crippen LogP) is 4.30. The maximum atomic E-state index is 12.3. The van der Waals surface area contributed by atoms with Crippen LogP contribution in [0.5, 0.6) is 0 Å². The van der Waals surface area contributed by atoms with Gasteiger partial charge in [-0.05, 0) is 35.4 Å². The van der Waals surface area contributed by atoms with Crippen LogP contribution < -0.4 is 0 Å². The molecule has 0 bridgehead atoms. The molecule has 2 rings (SSSR count). The average Bonchev–Trinajstić information content (AvgIpc) is 2.49. The van der Waals surface area contributed by atoms with Gasteiger partial charge in [-0.1, -0.05) is 53.4 Å². The van der Waals surface area contributed by atoms with E-state index in [2.05, 4.69) is 5.92 Å². The molecular formula is C17H12Cl2O2. The molecule has 2 aromatic carbocycles. The maximum Gasteiger partial charge on any atom is 0.318 e. The smallest absolute Gasteiger partial charge is 0.318 e. The lowest BCUT2D eigenvalue weighted by Gasteiger charge is -2.16. The number of carbonyl (C=O) groups is 1. The summed E-state index contributed by atoms with van der Waals surface area (Å²) in [5.74, 6) is 1.32. The number of hydrogen-bond acceptors (Lipinski definition) is 2. The van der Waals surface area contributed by atoms with Crippen molar-refractivity contribution in [3.05, 3.63) is 69.7 Å². The molecule has 0 radical (unpaired) electrons. The predicted molar refractivity (Wildman–Crippen MR) is 84.5 cm³/mol. The minimum absolute atomic E-state index is 0.0590. The van der Waals surface area contributed by atoms with E-state index in [0.717, 1.165) is 11.1 Å². The summed E-state index contributed by atoms with van der Waals surface area (Å²) in [6.45, 7) is -0.0590. The number of carbonyl (C=O) groups excluding carboxylic acids is 1. The van der Waals surface area contributed by atoms with E-state index in [0.29, 0.717) is 10.0 Å². The Morgan fingerprint density at radius 1 is 1.00 bits per heavy atom. The van der Waals surface area contributed by atoms with Gasteiger partial charge in [0.1, 0.15) is 5.92 Å². The quantitative estimate of drug-likeness (QED) is 0.620. The van der Waals surface area contributed by atoms with E-state index in [1.807, 2.05) is 0 Å². The fourth-order valence-corrected chi connectivity index (χ4v) is 2.22. The molecule has 0 aliphatic carbocycles. The van der Waals surface area contributed by atoms with Gasteiger partial charge in [0.25, 0.3) is 0 Å². The molecule has 0 heterocycles. The molecule has 0 aliphatic heterocycles. The number of benzene rings is 2. The van der Waals surface area contributed by atoms with E-state index in [4.69, 9.17) is 34.4 Å². The molecular weight excluding hydrogens is 307 g/mol. The molecule has 0 spiro atoms. The highest BCUT2D eigenvalue weighted by atomic mass is 35.5. The van der Waals surface area contributed by atoms with Crippen molar-refractivity contribution in [2.45, 2.75) is 5.92 Å². The van der Waals surface area contributed by atoms with E-state index in [9.17, 15) is 4.79 Å². The van der Waals surface area contributed by atoms with Crippen molar-refractivity contribution in [1.29, 1.82) is 0 Å². The summed E-state index contributed by atoms with van der Waals surface area (Å²) in [4.78, 5) is 12.3. The first kappa shape index (κ1) is 15.4. The Kier molecular flexibility index (Phi) is 5.27. The molecule has 0 aliphatic rings. The molecule has 0 atom stereocenters. The lowest BCUT2D eigenvalue weighted by molar-refractivity contribution is -0.142. The largest absolute Gasteiger partial charge is 0.452 e. The summed E-state index contributed by atoms with van der Waals surface area (Å²) in [6.07, 6.45) is 5.13. The molecule has 0 N–H and O–H groups in total. The molecule has 0 aromatic heterocycles. The van der Waals surface area contributed by atoms with E-state index >= 15 is 0 Å². The summed E-state index contributed by atoms with van der Waals surface area (Å²) < 4.78 is 5.08. The SMILES string of the molecule is C#CCOC(=O)C(c1ccc(Cl)cc1)c1ccc(Cl)cc1. The molecule has 21 heavy (non-hydrogen) atoms. The van der Waals surface area contributed by atoms with Gasteiger partial charge in [0.15, 0.2) is 6.61 Å². The Hall–Kier alpha value is -1.95. The van der Waals surface area contributed by atoms with Gasteiger partial charge in [0.05, 0.1) is 0 Å². The van der Waals surface area contributed by atoms with Gasteiger partial charge in [0.2, 0.25) is 0 Å². The number of terminal acetylenes is 1. The monoisotopic (exact) mass is 318 g/mol. The lowest BCUT2D eigenvalue weighted by atomic mass is 9.91. The molecule has 0 saturated heterocycles. The van der Waals surface area contributed by atoms with Crippen LogP contribution in [-0.2, 0) is 9.53 Å². The first-order valence-electron chi connectivity index (χ1n) is 6.23. The van der Waals surface area contributed by atoms with Crippen molar-refractivity contribution in [2.24, 2.45) is 0 Å². The number of halogens is 2. The number of esters is 1. The van der Waals surface area contributed by atoms with Crippen molar-refractivity contribution < 1.29 is 9.53 Å². The van der Waals surface area contributed by atoms with Crippen LogP contribution in [0, 0.1) is 12.3 Å². The van der Waals surface area contributed by atoms with E-state index in [1.165, 1.54) is 0 Å². The summed E-state index contributed by atoms with van der Waals surface area (Å²) >= 11 is 11.8. The van der Waals surface area contributed by atoms with Crippen LogP contribution in [-0.4, -0.2) is 12.6 Å². The highest BCUT2D eigenvalue weighted by molar-refractivity contribution is 6.30. The van der Waals surface area contributed by atoms with Gasteiger partial charge < -0.3 is 4.74 Å². The van der Waals surface area contributed by atoms with Gasteiger partial charge in [-0.25, -0.2) is 0 Å². The van der Waals surface area contributed by atoms with Crippen LogP contribution in [0.4, 0.5) is 0 Å². The Balaban J connectivity index is 2.38. The Morgan fingerprint density at radius 3 is 1.81 bits per heavy atom. The second kappa shape index (κ2) is 7.17. The molecule has 4 heteroatoms. The topological polar surface area (TPSA) is 26.3 Å². The second-order valence-electron chi connectivity index (χ2n) is 4.35. The summed E-state index contributed by atoms with van der Waals surface area (Å²) in [5.41, 5.74) is 1.56. The van der Waals surface area contributed by atoms with Crippen molar-refractivity contribution in [1.82, 2.24) is 0 Å². The van der Waals surface area contributed by atoms with Crippen LogP contribution in [0.3, 0.4) is 0 Å². The third-order valence-electron chi connectivity index (χ3n) is 2.94. The molecule has 2 nitrogen and oxygen atoms in total. The Labute approximate surface area is 133 Å². The zero-order valence-corrected chi connectivity index (χ0v) is 12.6. The zero-order valence-electron chi connectivity index (χ0n) is 11.1. The molecule has 2 aromatic rings. The third kappa shape index (κ3) is 4.01. The summed E-state index contributed by atoms with van der Waals surface area (Å²) in [7, 11) is 0. The maximum absolute atomic E-state index is 12.3. The Morgan fingerprint density at radius 2 is 1.43 bits per heavy atom. The molecule has 0 saturated carbocycles.